The highest BCUT2D eigenvalue weighted by atomic mass is 32.2. The fraction of sp³-hybridized carbons (Fsp3) is 0.562. The number of fused-ring (bicyclic) bond motifs is 2. The predicted octanol–water partition coefficient (Wildman–Crippen LogP) is 2.74. The maximum atomic E-state index is 14.7. The van der Waals surface area contributed by atoms with Crippen molar-refractivity contribution in [3.63, 3.8) is 0 Å². The summed E-state index contributed by atoms with van der Waals surface area (Å²) in [4.78, 5) is 15.9. The molecule has 4 rings (SSSR count). The summed E-state index contributed by atoms with van der Waals surface area (Å²) >= 11 is 1.44. The van der Waals surface area contributed by atoms with Gasteiger partial charge in [-0.05, 0) is 32.4 Å². The molecule has 1 unspecified atom stereocenters. The maximum Gasteiger partial charge on any atom is 0.189 e. The first kappa shape index (κ1) is 15.1. The predicted molar refractivity (Wildman–Crippen MR) is 88.7 cm³/mol. The highest BCUT2D eigenvalue weighted by Gasteiger charge is 2.31. The number of thioether (sulfide) groups is 1. The molecule has 4 heterocycles. The van der Waals surface area contributed by atoms with Crippen LogP contribution in [0.4, 0.5) is 10.2 Å². The van der Waals surface area contributed by atoms with Gasteiger partial charge in [0.1, 0.15) is 11.3 Å². The Morgan fingerprint density at radius 3 is 3.00 bits per heavy atom. The van der Waals surface area contributed by atoms with Gasteiger partial charge in [-0.15, -0.1) is 0 Å². The number of hydrogen-bond acceptors (Lipinski definition) is 6. The molecule has 0 radical (unpaired) electrons. The van der Waals surface area contributed by atoms with Crippen LogP contribution >= 0.6 is 11.8 Å². The topological polar surface area (TPSA) is 51.1 Å². The molecule has 5 nitrogen and oxygen atoms in total. The van der Waals surface area contributed by atoms with E-state index in [1.165, 1.54) is 11.8 Å². The molecule has 0 saturated carbocycles. The Labute approximate surface area is 138 Å². The summed E-state index contributed by atoms with van der Waals surface area (Å²) in [7, 11) is 0. The van der Waals surface area contributed by atoms with Gasteiger partial charge in [-0.1, -0.05) is 11.8 Å². The van der Waals surface area contributed by atoms with E-state index < -0.39 is 0 Å². The van der Waals surface area contributed by atoms with Gasteiger partial charge in [0, 0.05) is 13.2 Å². The van der Waals surface area contributed by atoms with E-state index in [0.29, 0.717) is 23.0 Å². The minimum absolute atomic E-state index is 0.267. The van der Waals surface area contributed by atoms with Gasteiger partial charge >= 0.3 is 0 Å². The lowest BCUT2D eigenvalue weighted by Gasteiger charge is -2.29. The minimum atomic E-state index is -0.327. The third-order valence-electron chi connectivity index (χ3n) is 4.59. The van der Waals surface area contributed by atoms with E-state index in [-0.39, 0.29) is 11.9 Å². The molecule has 0 amide bonds. The van der Waals surface area contributed by atoms with Crippen molar-refractivity contribution in [3.8, 4) is 0 Å². The number of anilines is 1. The van der Waals surface area contributed by atoms with Crippen molar-refractivity contribution < 1.29 is 9.13 Å². The fourth-order valence-corrected chi connectivity index (χ4v) is 3.82. The van der Waals surface area contributed by atoms with Crippen LogP contribution in [0, 0.1) is 12.7 Å². The van der Waals surface area contributed by atoms with Gasteiger partial charge in [0.15, 0.2) is 11.0 Å². The van der Waals surface area contributed by atoms with Crippen LogP contribution in [0.15, 0.2) is 5.16 Å². The summed E-state index contributed by atoms with van der Waals surface area (Å²) < 4.78 is 20.4. The molecule has 2 aliphatic rings. The van der Waals surface area contributed by atoms with Crippen LogP contribution in [0.3, 0.4) is 0 Å². The van der Waals surface area contributed by atoms with Gasteiger partial charge in [-0.2, -0.15) is 0 Å². The number of pyridine rings is 1. The average Bonchev–Trinajstić information content (AvgIpc) is 2.87. The van der Waals surface area contributed by atoms with Crippen LogP contribution in [0.1, 0.15) is 24.2 Å². The Bertz CT molecular complexity index is 770. The number of aryl methyl sites for hydroxylation is 2. The van der Waals surface area contributed by atoms with Crippen molar-refractivity contribution in [2.45, 2.75) is 37.4 Å². The van der Waals surface area contributed by atoms with Crippen LogP contribution in [-0.4, -0.2) is 47.0 Å². The van der Waals surface area contributed by atoms with E-state index in [9.17, 15) is 4.39 Å². The monoisotopic (exact) mass is 334 g/mol. The molecule has 2 aromatic heterocycles. The third kappa shape index (κ3) is 2.46. The molecule has 7 heteroatoms. The van der Waals surface area contributed by atoms with E-state index in [1.54, 1.807) is 6.92 Å². The van der Waals surface area contributed by atoms with E-state index in [0.717, 1.165) is 49.3 Å². The molecule has 2 aromatic rings. The Kier molecular flexibility index (Phi) is 3.85. The zero-order valence-corrected chi connectivity index (χ0v) is 14.1. The molecule has 1 saturated heterocycles. The van der Waals surface area contributed by atoms with Gasteiger partial charge in [0.05, 0.1) is 29.4 Å². The molecule has 0 spiro atoms. The quantitative estimate of drug-likeness (QED) is 0.590. The van der Waals surface area contributed by atoms with E-state index in [1.807, 2.05) is 6.26 Å². The summed E-state index contributed by atoms with van der Waals surface area (Å²) in [5.41, 5.74) is 1.74. The van der Waals surface area contributed by atoms with Crippen LogP contribution in [0.2, 0.25) is 0 Å². The van der Waals surface area contributed by atoms with Crippen LogP contribution in [-0.2, 0) is 11.2 Å². The Hall–Kier alpha value is -1.47. The first-order valence-electron chi connectivity index (χ1n) is 7.94. The Morgan fingerprint density at radius 1 is 1.30 bits per heavy atom. The second kappa shape index (κ2) is 5.87. The van der Waals surface area contributed by atoms with Gasteiger partial charge in [-0.25, -0.2) is 14.4 Å². The van der Waals surface area contributed by atoms with Crippen molar-refractivity contribution in [2.24, 2.45) is 0 Å². The third-order valence-corrected chi connectivity index (χ3v) is 5.14. The summed E-state index contributed by atoms with van der Waals surface area (Å²) in [5.74, 6) is 0.501. The highest BCUT2D eigenvalue weighted by Crippen LogP contribution is 2.36. The number of ether oxygens (including phenoxy) is 1. The molecule has 23 heavy (non-hydrogen) atoms. The number of aromatic nitrogens is 3. The molecule has 2 aliphatic heterocycles. The first-order valence-corrected chi connectivity index (χ1v) is 9.16. The molecule has 1 fully saturated rings. The number of hydrogen-bond donors (Lipinski definition) is 0. The van der Waals surface area contributed by atoms with Crippen molar-refractivity contribution in [2.75, 3.05) is 30.9 Å². The molecule has 0 aromatic carbocycles. The van der Waals surface area contributed by atoms with Gasteiger partial charge < -0.3 is 9.64 Å². The van der Waals surface area contributed by atoms with Gasteiger partial charge in [-0.3, -0.25) is 4.98 Å². The van der Waals surface area contributed by atoms with Crippen molar-refractivity contribution in [3.05, 3.63) is 17.2 Å². The standard InChI is InChI=1S/C16H19FN4OS/c1-9-13(17)14-12-11(18-9)5-4-10-8-22-7-3-6-21(10)15(12)20-16(19-14)23-2/h10H,3-8H2,1-2H3. The van der Waals surface area contributed by atoms with Crippen molar-refractivity contribution >= 4 is 28.5 Å². The van der Waals surface area contributed by atoms with E-state index in [2.05, 4.69) is 14.9 Å². The molecule has 0 N–H and O–H groups in total. The number of halogens is 1. The molecular formula is C16H19FN4OS. The molecular weight excluding hydrogens is 315 g/mol. The molecule has 1 atom stereocenters. The number of nitrogens with zero attached hydrogens (tertiary/aromatic N) is 4. The number of rotatable bonds is 1. The van der Waals surface area contributed by atoms with Crippen LogP contribution < -0.4 is 4.90 Å². The van der Waals surface area contributed by atoms with E-state index in [4.69, 9.17) is 9.72 Å². The van der Waals surface area contributed by atoms with Crippen molar-refractivity contribution in [1.82, 2.24) is 15.0 Å². The Balaban J connectivity index is 2.02. The highest BCUT2D eigenvalue weighted by molar-refractivity contribution is 7.98. The summed E-state index contributed by atoms with van der Waals surface area (Å²) in [6.45, 7) is 4.04. The molecule has 122 valence electrons. The summed E-state index contributed by atoms with van der Waals surface area (Å²) in [6, 6.07) is 0.267. The summed E-state index contributed by atoms with van der Waals surface area (Å²) in [6.07, 6.45) is 4.61. The fourth-order valence-electron chi connectivity index (χ4n) is 3.46. The lowest BCUT2D eigenvalue weighted by Crippen LogP contribution is -2.37. The van der Waals surface area contributed by atoms with Gasteiger partial charge in [0.25, 0.3) is 0 Å². The van der Waals surface area contributed by atoms with Crippen molar-refractivity contribution in [1.29, 1.82) is 0 Å². The second-order valence-electron chi connectivity index (χ2n) is 6.03. The SMILES string of the molecule is CSc1nc2c3c(nc(C)c(F)c3n1)CCC1COCCCN21. The minimum Gasteiger partial charge on any atom is -0.379 e. The van der Waals surface area contributed by atoms with Crippen LogP contribution in [0.25, 0.3) is 10.9 Å². The average molecular weight is 334 g/mol. The second-order valence-corrected chi connectivity index (χ2v) is 6.80. The molecule has 0 aliphatic carbocycles. The summed E-state index contributed by atoms with van der Waals surface area (Å²) in [5, 5.41) is 1.39. The zero-order chi connectivity index (χ0) is 16.0. The normalized spacial score (nSPS) is 21.0. The lowest BCUT2D eigenvalue weighted by molar-refractivity contribution is 0.132. The van der Waals surface area contributed by atoms with E-state index >= 15 is 0 Å². The maximum absolute atomic E-state index is 14.7. The van der Waals surface area contributed by atoms with Gasteiger partial charge in [0.2, 0.25) is 0 Å². The zero-order valence-electron chi connectivity index (χ0n) is 13.3. The van der Waals surface area contributed by atoms with Crippen LogP contribution in [0.5, 0.6) is 0 Å². The molecule has 0 bridgehead atoms. The lowest BCUT2D eigenvalue weighted by atomic mass is 10.1. The Morgan fingerprint density at radius 2 is 2.17 bits per heavy atom. The first-order chi connectivity index (χ1) is 11.2. The smallest absolute Gasteiger partial charge is 0.189 e. The largest absolute Gasteiger partial charge is 0.379 e.